The predicted molar refractivity (Wildman–Crippen MR) is 128 cm³/mol. The maximum Gasteiger partial charge on any atom is 0.410 e. The van der Waals surface area contributed by atoms with Crippen LogP contribution in [0.15, 0.2) is 12.2 Å². The van der Waals surface area contributed by atoms with E-state index in [1.165, 1.54) is 57.8 Å². The number of amides is 1. The summed E-state index contributed by atoms with van der Waals surface area (Å²) in [5.74, 6) is -0.365. The van der Waals surface area contributed by atoms with Crippen LogP contribution in [0.1, 0.15) is 110 Å². The number of alkyl halides is 1. The van der Waals surface area contributed by atoms with Crippen molar-refractivity contribution >= 4 is 28.0 Å². The van der Waals surface area contributed by atoms with E-state index < -0.39 is 12.4 Å². The summed E-state index contributed by atoms with van der Waals surface area (Å²) in [5, 5.41) is 3.66. The molecule has 1 N–H and O–H groups in total. The first-order valence-electron chi connectivity index (χ1n) is 11.9. The van der Waals surface area contributed by atoms with Crippen molar-refractivity contribution in [2.45, 2.75) is 116 Å². The molecule has 0 aliphatic heterocycles. The van der Waals surface area contributed by atoms with Crippen LogP contribution in [0, 0.1) is 0 Å². The molecule has 30 heavy (non-hydrogen) atoms. The molecular weight excluding hydrogens is 446 g/mol. The Bertz CT molecular complexity index is 456. The van der Waals surface area contributed by atoms with Crippen LogP contribution in [0.25, 0.3) is 0 Å². The zero-order valence-electron chi connectivity index (χ0n) is 19.3. The largest absolute Gasteiger partial charge is 0.421 e. The van der Waals surface area contributed by atoms with Gasteiger partial charge in [0.25, 0.3) is 6.29 Å². The first-order chi connectivity index (χ1) is 14.5. The summed E-state index contributed by atoms with van der Waals surface area (Å²) in [5.41, 5.74) is 0.494. The Hall–Kier alpha value is -1.04. The average molecular weight is 491 g/mol. The van der Waals surface area contributed by atoms with Crippen LogP contribution in [0.3, 0.4) is 0 Å². The van der Waals surface area contributed by atoms with Crippen LogP contribution in [-0.2, 0) is 14.3 Å². The number of alkyl carbamates (subject to hydrolysis) is 1. The summed E-state index contributed by atoms with van der Waals surface area (Å²) >= 11 is 3.36. The molecule has 0 saturated heterocycles. The second-order valence-corrected chi connectivity index (χ2v) is 8.83. The van der Waals surface area contributed by atoms with E-state index in [0.29, 0.717) is 18.5 Å². The van der Waals surface area contributed by atoms with E-state index in [9.17, 15) is 9.59 Å². The molecule has 5 nitrogen and oxygen atoms in total. The van der Waals surface area contributed by atoms with Gasteiger partial charge < -0.3 is 14.8 Å². The topological polar surface area (TPSA) is 64.6 Å². The van der Waals surface area contributed by atoms with Gasteiger partial charge in [0.2, 0.25) is 0 Å². The SMILES string of the molecule is C=C(C)C(OC(=O)CCCCCBr)OC(=O)NCCCCCCCCCCCCC. The zero-order valence-corrected chi connectivity index (χ0v) is 20.9. The van der Waals surface area contributed by atoms with Gasteiger partial charge in [-0.05, 0) is 26.2 Å². The second-order valence-electron chi connectivity index (χ2n) is 8.04. The number of unbranched alkanes of at least 4 members (excludes halogenated alkanes) is 12. The third-order valence-corrected chi connectivity index (χ3v) is 5.48. The van der Waals surface area contributed by atoms with Gasteiger partial charge >= 0.3 is 12.1 Å². The fraction of sp³-hybridized carbons (Fsp3) is 0.833. The number of rotatable bonds is 20. The third-order valence-electron chi connectivity index (χ3n) is 4.92. The molecule has 0 aliphatic carbocycles. The Balaban J connectivity index is 3.73. The molecular formula is C24H44BrNO4. The maximum atomic E-state index is 11.9. The fourth-order valence-corrected chi connectivity index (χ4v) is 3.46. The van der Waals surface area contributed by atoms with Crippen molar-refractivity contribution in [1.82, 2.24) is 5.32 Å². The Labute approximate surface area is 192 Å². The molecule has 0 spiro atoms. The highest BCUT2D eigenvalue weighted by Gasteiger charge is 2.19. The van der Waals surface area contributed by atoms with Crippen LogP contribution in [-0.4, -0.2) is 30.2 Å². The molecule has 1 unspecified atom stereocenters. The number of ether oxygens (including phenoxy) is 2. The Morgan fingerprint density at radius 2 is 1.37 bits per heavy atom. The summed E-state index contributed by atoms with van der Waals surface area (Å²) in [7, 11) is 0. The van der Waals surface area contributed by atoms with Crippen molar-refractivity contribution in [2.75, 3.05) is 11.9 Å². The van der Waals surface area contributed by atoms with Gasteiger partial charge in [0, 0.05) is 23.9 Å². The molecule has 1 atom stereocenters. The quantitative estimate of drug-likeness (QED) is 0.0634. The van der Waals surface area contributed by atoms with Crippen molar-refractivity contribution in [1.29, 1.82) is 0 Å². The van der Waals surface area contributed by atoms with Gasteiger partial charge in [-0.15, -0.1) is 0 Å². The van der Waals surface area contributed by atoms with Crippen LogP contribution in [0.2, 0.25) is 0 Å². The number of hydrogen-bond donors (Lipinski definition) is 1. The second kappa shape index (κ2) is 21.2. The van der Waals surface area contributed by atoms with Crippen LogP contribution < -0.4 is 5.32 Å². The summed E-state index contributed by atoms with van der Waals surface area (Å²) < 4.78 is 10.5. The standard InChI is InChI=1S/C24H44BrNO4/c1-4-5-6-7-8-9-10-11-12-13-17-20-26-24(28)30-23(21(2)3)29-22(27)18-15-14-16-19-25/h23H,2,4-20H2,1,3H3,(H,26,28). The highest BCUT2D eigenvalue weighted by molar-refractivity contribution is 9.09. The van der Waals surface area contributed by atoms with E-state index >= 15 is 0 Å². The maximum absolute atomic E-state index is 11.9. The number of esters is 1. The Morgan fingerprint density at radius 1 is 0.833 bits per heavy atom. The zero-order chi connectivity index (χ0) is 22.5. The molecule has 1 amide bonds. The first-order valence-corrected chi connectivity index (χ1v) is 13.0. The van der Waals surface area contributed by atoms with E-state index in [0.717, 1.165) is 37.4 Å². The molecule has 176 valence electrons. The molecule has 0 fully saturated rings. The first kappa shape index (κ1) is 29.0. The third kappa shape index (κ3) is 19.0. The summed E-state index contributed by atoms with van der Waals surface area (Å²) in [6, 6.07) is 0. The lowest BCUT2D eigenvalue weighted by Gasteiger charge is -2.18. The molecule has 0 radical (unpaired) electrons. The van der Waals surface area contributed by atoms with E-state index in [1.807, 2.05) is 0 Å². The Morgan fingerprint density at radius 3 is 1.90 bits per heavy atom. The minimum absolute atomic E-state index is 0.320. The van der Waals surface area contributed by atoms with E-state index in [-0.39, 0.29) is 5.97 Å². The molecule has 0 saturated carbocycles. The number of hydrogen-bond acceptors (Lipinski definition) is 4. The van der Waals surface area contributed by atoms with Gasteiger partial charge in [0.1, 0.15) is 0 Å². The van der Waals surface area contributed by atoms with Gasteiger partial charge in [-0.1, -0.05) is 100 Å². The summed E-state index contributed by atoms with van der Waals surface area (Å²) in [6.07, 6.45) is 15.4. The van der Waals surface area contributed by atoms with Gasteiger partial charge in [-0.3, -0.25) is 4.79 Å². The summed E-state index contributed by atoms with van der Waals surface area (Å²) in [6.45, 7) is 8.25. The molecule has 0 rings (SSSR count). The van der Waals surface area contributed by atoms with E-state index in [4.69, 9.17) is 9.47 Å². The normalized spacial score (nSPS) is 11.7. The van der Waals surface area contributed by atoms with Crippen molar-refractivity contribution < 1.29 is 19.1 Å². The molecule has 0 aromatic heterocycles. The number of carbonyl (C=O) groups excluding carboxylic acids is 2. The van der Waals surface area contributed by atoms with Gasteiger partial charge in [-0.2, -0.15) is 0 Å². The lowest BCUT2D eigenvalue weighted by Crippen LogP contribution is -2.32. The number of carbonyl (C=O) groups is 2. The molecule has 0 bridgehead atoms. The highest BCUT2D eigenvalue weighted by atomic mass is 79.9. The predicted octanol–water partition coefficient (Wildman–Crippen LogP) is 7.42. The van der Waals surface area contributed by atoms with Gasteiger partial charge in [0.15, 0.2) is 0 Å². The smallest absolute Gasteiger partial charge is 0.410 e. The fourth-order valence-electron chi connectivity index (χ4n) is 3.06. The lowest BCUT2D eigenvalue weighted by molar-refractivity contribution is -0.162. The Kier molecular flexibility index (Phi) is 20.5. The monoisotopic (exact) mass is 489 g/mol. The minimum Gasteiger partial charge on any atom is -0.421 e. The average Bonchev–Trinajstić information content (AvgIpc) is 2.71. The highest BCUT2D eigenvalue weighted by Crippen LogP contribution is 2.12. The number of halogens is 1. The molecule has 0 aromatic carbocycles. The van der Waals surface area contributed by atoms with Crippen molar-refractivity contribution in [3.05, 3.63) is 12.2 Å². The number of nitrogens with one attached hydrogen (secondary N) is 1. The molecule has 0 heterocycles. The van der Waals surface area contributed by atoms with Crippen molar-refractivity contribution in [2.24, 2.45) is 0 Å². The summed E-state index contributed by atoms with van der Waals surface area (Å²) in [4.78, 5) is 23.8. The van der Waals surface area contributed by atoms with Crippen molar-refractivity contribution in [3.8, 4) is 0 Å². The lowest BCUT2D eigenvalue weighted by atomic mass is 10.1. The van der Waals surface area contributed by atoms with Crippen molar-refractivity contribution in [3.63, 3.8) is 0 Å². The van der Waals surface area contributed by atoms with Gasteiger partial charge in [0.05, 0.1) is 0 Å². The van der Waals surface area contributed by atoms with Crippen LogP contribution in [0.5, 0.6) is 0 Å². The van der Waals surface area contributed by atoms with Crippen LogP contribution >= 0.6 is 15.9 Å². The minimum atomic E-state index is -1.02. The van der Waals surface area contributed by atoms with Crippen LogP contribution in [0.4, 0.5) is 4.79 Å². The van der Waals surface area contributed by atoms with E-state index in [1.54, 1.807) is 6.92 Å². The van der Waals surface area contributed by atoms with E-state index in [2.05, 4.69) is 34.7 Å². The molecule has 6 heteroatoms. The molecule has 0 aliphatic rings. The molecule has 0 aromatic rings. The van der Waals surface area contributed by atoms with Gasteiger partial charge in [-0.25, -0.2) is 4.79 Å².